The van der Waals surface area contributed by atoms with Crippen LogP contribution in [0.25, 0.3) is 0 Å². The Bertz CT molecular complexity index is 753. The van der Waals surface area contributed by atoms with Gasteiger partial charge in [0.05, 0.1) is 25.9 Å². The van der Waals surface area contributed by atoms with Crippen LogP contribution < -0.4 is 0 Å². The van der Waals surface area contributed by atoms with Crippen LogP contribution in [0.1, 0.15) is 20.3 Å². The second-order valence-electron chi connectivity index (χ2n) is 12.1. The summed E-state index contributed by atoms with van der Waals surface area (Å²) in [7, 11) is -1.47. The molecule has 14 heteroatoms. The molecule has 3 rings (SSSR count). The highest BCUT2D eigenvalue weighted by molar-refractivity contribution is 6.70. The lowest BCUT2D eigenvalue weighted by Gasteiger charge is -2.44. The molecule has 0 unspecified atom stereocenters. The molecule has 3 aliphatic rings. The third-order valence-corrected chi connectivity index (χ3v) is 8.19. The second-order valence-corrected chi connectivity index (χ2v) is 21.0. The lowest BCUT2D eigenvalue weighted by Crippen LogP contribution is -2.58. The first-order valence-electron chi connectivity index (χ1n) is 13.6. The van der Waals surface area contributed by atoms with Crippen LogP contribution >= 0.6 is 0 Å². The number of aliphatic hydroxyl groups is 4. The Labute approximate surface area is 234 Å². The first kappa shape index (κ1) is 36.1. The van der Waals surface area contributed by atoms with Crippen LogP contribution in [-0.4, -0.2) is 137 Å². The van der Waals surface area contributed by atoms with Gasteiger partial charge in [-0.2, -0.15) is 0 Å². The van der Waals surface area contributed by atoms with Crippen molar-refractivity contribution in [2.24, 2.45) is 5.92 Å². The Morgan fingerprint density at radius 2 is 1.38 bits per heavy atom. The van der Waals surface area contributed by atoms with E-state index in [1.165, 1.54) is 0 Å². The first-order chi connectivity index (χ1) is 17.9. The third-order valence-electron chi connectivity index (χ3n) is 6.25. The van der Waals surface area contributed by atoms with Gasteiger partial charge >= 0.3 is 11.9 Å². The van der Waals surface area contributed by atoms with Gasteiger partial charge in [-0.25, -0.2) is 9.59 Å². The molecule has 0 saturated carbocycles. The SMILES string of the molecule is CC[C@H]1OC(=O)[C@H](O[Si](C)(C)C)[C@@H](O[Si](C)(C)C)[C@@H]1C.CN1CCOCC1.O=C1O[C@H](CO)[C@@H](O)[C@H](O)[C@H]1O. The quantitative estimate of drug-likeness (QED) is 0.245. The van der Waals surface area contributed by atoms with Crippen LogP contribution in [0.3, 0.4) is 0 Å². The number of cyclic esters (lactones) is 2. The Morgan fingerprint density at radius 1 is 0.872 bits per heavy atom. The molecule has 3 fully saturated rings. The van der Waals surface area contributed by atoms with Crippen LogP contribution in [0, 0.1) is 5.92 Å². The molecule has 0 aromatic rings. The topological polar surface area (TPSA) is 164 Å². The monoisotopic (exact) mass is 597 g/mol. The number of morpholine rings is 1. The molecule has 0 bridgehead atoms. The Balaban J connectivity index is 0.000000335. The highest BCUT2D eigenvalue weighted by atomic mass is 28.4. The summed E-state index contributed by atoms with van der Waals surface area (Å²) in [6, 6.07) is 0. The minimum absolute atomic E-state index is 0.0645. The van der Waals surface area contributed by atoms with Gasteiger partial charge in [0, 0.05) is 19.0 Å². The first-order valence-corrected chi connectivity index (χ1v) is 20.4. The number of nitrogens with zero attached hydrogens (tertiary/aromatic N) is 1. The van der Waals surface area contributed by atoms with E-state index >= 15 is 0 Å². The van der Waals surface area contributed by atoms with Crippen molar-refractivity contribution in [3.8, 4) is 0 Å². The number of esters is 2. The molecule has 39 heavy (non-hydrogen) atoms. The summed E-state index contributed by atoms with van der Waals surface area (Å²) in [5, 5.41) is 35.5. The lowest BCUT2D eigenvalue weighted by molar-refractivity contribution is -0.206. The van der Waals surface area contributed by atoms with Gasteiger partial charge in [0.15, 0.2) is 34.9 Å². The number of hydrogen-bond donors (Lipinski definition) is 4. The smallest absolute Gasteiger partial charge is 0.338 e. The zero-order chi connectivity index (χ0) is 30.1. The van der Waals surface area contributed by atoms with Gasteiger partial charge in [-0.1, -0.05) is 13.8 Å². The molecular weight excluding hydrogens is 546 g/mol. The standard InChI is InChI=1S/C14H30O4Si2.C6H10O6.C5H11NO/c1-9-11-10(2)12(17-19(3,4)5)13(14(15)16-11)18-20(6,7)8;7-1-2-3(8)4(9)5(10)6(11)12-2;1-6-2-4-7-5-3-6/h10-13H,9H2,1-8H3;2-5,7-10H,1H2;2-5H2,1H3/t10-,11-,12+,13-;2-,3-,4+,5-;/m11./s1. The zero-order valence-corrected chi connectivity index (χ0v) is 27.0. The predicted molar refractivity (Wildman–Crippen MR) is 149 cm³/mol. The summed E-state index contributed by atoms with van der Waals surface area (Å²) in [4.78, 5) is 25.2. The number of carbonyl (C=O) groups excluding carboxylic acids is 2. The van der Waals surface area contributed by atoms with E-state index < -0.39 is 59.7 Å². The summed E-state index contributed by atoms with van der Waals surface area (Å²) >= 11 is 0. The van der Waals surface area contributed by atoms with E-state index in [-0.39, 0.29) is 24.1 Å². The number of aliphatic hydroxyl groups excluding tert-OH is 4. The zero-order valence-electron chi connectivity index (χ0n) is 25.0. The van der Waals surface area contributed by atoms with Gasteiger partial charge in [0.1, 0.15) is 18.3 Å². The molecular formula is C25H51NO11Si2. The number of ether oxygens (including phenoxy) is 3. The van der Waals surface area contributed by atoms with Crippen LogP contribution in [0.5, 0.6) is 0 Å². The van der Waals surface area contributed by atoms with E-state index in [2.05, 4.69) is 62.9 Å². The fourth-order valence-corrected chi connectivity index (χ4v) is 6.26. The van der Waals surface area contributed by atoms with E-state index in [1.54, 1.807) is 0 Å². The summed E-state index contributed by atoms with van der Waals surface area (Å²) in [5.41, 5.74) is 0. The molecule has 4 N–H and O–H groups in total. The minimum Gasteiger partial charge on any atom is -0.460 e. The molecule has 0 amide bonds. The van der Waals surface area contributed by atoms with Gasteiger partial charge in [-0.05, 0) is 52.8 Å². The summed E-state index contributed by atoms with van der Waals surface area (Å²) in [5.74, 6) is -1.11. The Kier molecular flexibility index (Phi) is 14.7. The van der Waals surface area contributed by atoms with Crippen molar-refractivity contribution in [1.82, 2.24) is 4.90 Å². The average Bonchev–Trinajstić information content (AvgIpc) is 2.84. The average molecular weight is 598 g/mol. The number of likely N-dealkylation sites (N-methyl/N-ethyl adjacent to an activating group) is 1. The van der Waals surface area contributed by atoms with Gasteiger partial charge in [-0.3, -0.25) is 0 Å². The van der Waals surface area contributed by atoms with Gasteiger partial charge < -0.3 is 48.4 Å². The fraction of sp³-hybridized carbons (Fsp3) is 0.920. The van der Waals surface area contributed by atoms with Crippen LogP contribution in [0.15, 0.2) is 0 Å². The Morgan fingerprint density at radius 3 is 1.79 bits per heavy atom. The van der Waals surface area contributed by atoms with E-state index in [0.717, 1.165) is 32.7 Å². The summed E-state index contributed by atoms with van der Waals surface area (Å²) in [6.45, 7) is 20.3. The molecule has 0 aliphatic carbocycles. The van der Waals surface area contributed by atoms with E-state index in [4.69, 9.17) is 38.8 Å². The van der Waals surface area contributed by atoms with Crippen molar-refractivity contribution in [3.05, 3.63) is 0 Å². The number of hydrogen-bond acceptors (Lipinski definition) is 12. The van der Waals surface area contributed by atoms with Crippen molar-refractivity contribution in [1.29, 1.82) is 0 Å². The maximum absolute atomic E-state index is 12.3. The molecule has 3 aliphatic heterocycles. The normalized spacial score (nSPS) is 34.1. The van der Waals surface area contributed by atoms with Gasteiger partial charge in [-0.15, -0.1) is 0 Å². The maximum atomic E-state index is 12.3. The second kappa shape index (κ2) is 15.9. The molecule has 0 radical (unpaired) electrons. The number of carbonyl (C=O) groups is 2. The van der Waals surface area contributed by atoms with Crippen LogP contribution in [0.2, 0.25) is 39.3 Å². The molecule has 230 valence electrons. The van der Waals surface area contributed by atoms with E-state index in [1.807, 2.05) is 6.92 Å². The van der Waals surface area contributed by atoms with Gasteiger partial charge in [0.25, 0.3) is 0 Å². The summed E-state index contributed by atoms with van der Waals surface area (Å²) < 4.78 is 27.4. The van der Waals surface area contributed by atoms with Crippen molar-refractivity contribution >= 4 is 28.6 Å². The van der Waals surface area contributed by atoms with Crippen molar-refractivity contribution < 1.29 is 53.1 Å². The van der Waals surface area contributed by atoms with E-state index in [9.17, 15) is 9.59 Å². The number of rotatable bonds is 6. The highest BCUT2D eigenvalue weighted by Crippen LogP contribution is 2.32. The van der Waals surface area contributed by atoms with Crippen molar-refractivity contribution in [2.75, 3.05) is 40.0 Å². The maximum Gasteiger partial charge on any atom is 0.338 e. The lowest BCUT2D eigenvalue weighted by atomic mass is 9.90. The van der Waals surface area contributed by atoms with E-state index in [0.29, 0.717) is 0 Å². The minimum atomic E-state index is -1.83. The fourth-order valence-electron chi connectivity index (χ4n) is 4.11. The molecule has 3 heterocycles. The molecule has 0 aromatic carbocycles. The summed E-state index contributed by atoms with van der Waals surface area (Å²) in [6.07, 6.45) is -5.92. The Hall–Kier alpha value is -0.946. The molecule has 0 aromatic heterocycles. The van der Waals surface area contributed by atoms with Crippen molar-refractivity contribution in [2.45, 2.75) is 102 Å². The van der Waals surface area contributed by atoms with Crippen molar-refractivity contribution in [3.63, 3.8) is 0 Å². The molecule has 3 saturated heterocycles. The molecule has 0 spiro atoms. The van der Waals surface area contributed by atoms with Crippen LogP contribution in [-0.2, 0) is 32.7 Å². The molecule has 8 atom stereocenters. The molecule has 12 nitrogen and oxygen atoms in total. The largest absolute Gasteiger partial charge is 0.460 e. The predicted octanol–water partition coefficient (Wildman–Crippen LogP) is 0.333. The van der Waals surface area contributed by atoms with Gasteiger partial charge in [0.2, 0.25) is 0 Å². The highest BCUT2D eigenvalue weighted by Gasteiger charge is 2.47. The van der Waals surface area contributed by atoms with Crippen LogP contribution in [0.4, 0.5) is 0 Å². The third kappa shape index (κ3) is 12.2.